The van der Waals surface area contributed by atoms with Crippen LogP contribution in [0, 0.1) is 5.92 Å². The molecule has 0 radical (unpaired) electrons. The molecule has 1 atom stereocenters. The Balaban J connectivity index is 2.16. The van der Waals surface area contributed by atoms with Crippen LogP contribution in [0.2, 0.25) is 0 Å². The molecule has 140 valence electrons. The summed E-state index contributed by atoms with van der Waals surface area (Å²) in [5.41, 5.74) is 1.39. The standard InChI is InChI=1S/C22H23NO4/c1-14(2)13-23-19(15-9-11-17(27-3)12-10-15)18(21(25)22(23)26)20(24)16-7-5-4-6-8-16/h4-12,14,19,24H,13H2,1-3H3/b20-18-. The summed E-state index contributed by atoms with van der Waals surface area (Å²) in [6, 6.07) is 15.4. The molecule has 2 aromatic carbocycles. The normalized spacial score (nSPS) is 19.0. The molecule has 5 nitrogen and oxygen atoms in total. The minimum Gasteiger partial charge on any atom is -0.507 e. The third-order valence-corrected chi connectivity index (χ3v) is 4.58. The first kappa shape index (κ1) is 18.7. The van der Waals surface area contributed by atoms with Crippen LogP contribution in [0.4, 0.5) is 0 Å². The van der Waals surface area contributed by atoms with E-state index in [1.165, 1.54) is 0 Å². The number of amides is 1. The molecule has 0 aliphatic carbocycles. The number of Topliss-reactive ketones (excluding diaryl/α,β-unsaturated/α-hetero) is 1. The first-order valence-electron chi connectivity index (χ1n) is 8.91. The minimum absolute atomic E-state index is 0.122. The second-order valence-electron chi connectivity index (χ2n) is 6.98. The summed E-state index contributed by atoms with van der Waals surface area (Å²) in [7, 11) is 1.58. The maximum Gasteiger partial charge on any atom is 0.295 e. The molecule has 1 saturated heterocycles. The Kier molecular flexibility index (Phi) is 5.31. The maximum absolute atomic E-state index is 12.8. The summed E-state index contributed by atoms with van der Waals surface area (Å²) in [6.07, 6.45) is 0. The number of methoxy groups -OCH3 is 1. The highest BCUT2D eigenvalue weighted by Gasteiger charge is 2.46. The molecule has 0 saturated carbocycles. The van der Waals surface area contributed by atoms with E-state index >= 15 is 0 Å². The van der Waals surface area contributed by atoms with Crippen LogP contribution in [-0.2, 0) is 9.59 Å². The van der Waals surface area contributed by atoms with Crippen molar-refractivity contribution in [3.8, 4) is 5.75 Å². The van der Waals surface area contributed by atoms with Crippen molar-refractivity contribution in [2.24, 2.45) is 5.92 Å². The van der Waals surface area contributed by atoms with Gasteiger partial charge in [0.25, 0.3) is 11.7 Å². The van der Waals surface area contributed by atoms with Crippen molar-refractivity contribution in [3.05, 3.63) is 71.3 Å². The van der Waals surface area contributed by atoms with Gasteiger partial charge in [-0.25, -0.2) is 0 Å². The highest BCUT2D eigenvalue weighted by atomic mass is 16.5. The molecule has 1 amide bonds. The predicted molar refractivity (Wildman–Crippen MR) is 103 cm³/mol. The third-order valence-electron chi connectivity index (χ3n) is 4.58. The minimum atomic E-state index is -0.655. The zero-order valence-electron chi connectivity index (χ0n) is 15.7. The van der Waals surface area contributed by atoms with Gasteiger partial charge in [-0.1, -0.05) is 56.3 Å². The van der Waals surface area contributed by atoms with Crippen molar-refractivity contribution in [3.63, 3.8) is 0 Å². The molecule has 0 aromatic heterocycles. The van der Waals surface area contributed by atoms with Gasteiger partial charge >= 0.3 is 0 Å². The van der Waals surface area contributed by atoms with Crippen LogP contribution in [0.15, 0.2) is 60.2 Å². The molecule has 1 heterocycles. The van der Waals surface area contributed by atoms with Gasteiger partial charge in [0, 0.05) is 12.1 Å². The monoisotopic (exact) mass is 365 g/mol. The first-order valence-corrected chi connectivity index (χ1v) is 8.91. The van der Waals surface area contributed by atoms with Crippen LogP contribution in [0.3, 0.4) is 0 Å². The molecular weight excluding hydrogens is 342 g/mol. The highest BCUT2D eigenvalue weighted by Crippen LogP contribution is 2.40. The van der Waals surface area contributed by atoms with Gasteiger partial charge in [-0.2, -0.15) is 0 Å². The first-order chi connectivity index (χ1) is 12.9. The van der Waals surface area contributed by atoms with Gasteiger partial charge in [0.1, 0.15) is 11.5 Å². The van der Waals surface area contributed by atoms with E-state index < -0.39 is 17.7 Å². The van der Waals surface area contributed by atoms with Crippen molar-refractivity contribution in [1.82, 2.24) is 4.90 Å². The molecule has 1 aliphatic rings. The van der Waals surface area contributed by atoms with Crippen molar-refractivity contribution < 1.29 is 19.4 Å². The van der Waals surface area contributed by atoms with E-state index in [1.807, 2.05) is 32.0 Å². The molecule has 2 aromatic rings. The van der Waals surface area contributed by atoms with Gasteiger partial charge in [0.05, 0.1) is 18.7 Å². The molecule has 27 heavy (non-hydrogen) atoms. The molecule has 1 N–H and O–H groups in total. The van der Waals surface area contributed by atoms with Gasteiger partial charge in [-0.15, -0.1) is 0 Å². The number of carbonyl (C=O) groups is 2. The summed E-state index contributed by atoms with van der Waals surface area (Å²) < 4.78 is 5.20. The number of nitrogens with zero attached hydrogens (tertiary/aromatic N) is 1. The molecule has 0 bridgehead atoms. The molecule has 1 fully saturated rings. The van der Waals surface area contributed by atoms with Crippen molar-refractivity contribution in [2.75, 3.05) is 13.7 Å². The Morgan fingerprint density at radius 3 is 2.26 bits per heavy atom. The second-order valence-corrected chi connectivity index (χ2v) is 6.98. The van der Waals surface area contributed by atoms with E-state index in [1.54, 1.807) is 48.4 Å². The molecule has 5 heteroatoms. The average Bonchev–Trinajstić information content (AvgIpc) is 2.92. The smallest absolute Gasteiger partial charge is 0.295 e. The van der Waals surface area contributed by atoms with Crippen molar-refractivity contribution >= 4 is 17.4 Å². The predicted octanol–water partition coefficient (Wildman–Crippen LogP) is 3.77. The number of ether oxygens (including phenoxy) is 1. The van der Waals surface area contributed by atoms with Gasteiger partial charge in [-0.3, -0.25) is 9.59 Å². The number of likely N-dealkylation sites (tertiary alicyclic amines) is 1. The number of hydrogen-bond donors (Lipinski definition) is 1. The van der Waals surface area contributed by atoms with Gasteiger partial charge in [0.15, 0.2) is 0 Å². The zero-order chi connectivity index (χ0) is 19.6. The Morgan fingerprint density at radius 1 is 1.07 bits per heavy atom. The number of carbonyl (C=O) groups excluding carboxylic acids is 2. The van der Waals surface area contributed by atoms with Crippen molar-refractivity contribution in [1.29, 1.82) is 0 Å². The Hall–Kier alpha value is -3.08. The Labute approximate surface area is 158 Å². The molecule has 1 unspecified atom stereocenters. The van der Waals surface area contributed by atoms with E-state index in [-0.39, 0.29) is 17.3 Å². The lowest BCUT2D eigenvalue weighted by atomic mass is 9.95. The Morgan fingerprint density at radius 2 is 1.70 bits per heavy atom. The quantitative estimate of drug-likeness (QED) is 0.498. The van der Waals surface area contributed by atoms with Gasteiger partial charge in [0.2, 0.25) is 0 Å². The number of hydrogen-bond acceptors (Lipinski definition) is 4. The second kappa shape index (κ2) is 7.66. The number of benzene rings is 2. The van der Waals surface area contributed by atoms with E-state index in [0.717, 1.165) is 5.56 Å². The van der Waals surface area contributed by atoms with Crippen LogP contribution in [-0.4, -0.2) is 35.4 Å². The lowest BCUT2D eigenvalue weighted by Crippen LogP contribution is -2.33. The van der Waals surface area contributed by atoms with Crippen molar-refractivity contribution in [2.45, 2.75) is 19.9 Å². The summed E-state index contributed by atoms with van der Waals surface area (Å²) >= 11 is 0. The number of ketones is 1. The highest BCUT2D eigenvalue weighted by molar-refractivity contribution is 6.46. The van der Waals surface area contributed by atoms with Gasteiger partial charge in [-0.05, 0) is 23.6 Å². The topological polar surface area (TPSA) is 66.8 Å². The summed E-state index contributed by atoms with van der Waals surface area (Å²) in [6.45, 7) is 4.40. The van der Waals surface area contributed by atoms with Crippen LogP contribution >= 0.6 is 0 Å². The maximum atomic E-state index is 12.8. The summed E-state index contributed by atoms with van der Waals surface area (Å²) in [5.74, 6) is -0.524. The molecule has 0 spiro atoms. The number of aliphatic hydroxyl groups excluding tert-OH is 1. The van der Waals surface area contributed by atoms with Crippen LogP contribution in [0.5, 0.6) is 5.75 Å². The number of rotatable bonds is 5. The fourth-order valence-corrected chi connectivity index (χ4v) is 3.35. The fourth-order valence-electron chi connectivity index (χ4n) is 3.35. The summed E-state index contributed by atoms with van der Waals surface area (Å²) in [5, 5.41) is 10.8. The lowest BCUT2D eigenvalue weighted by molar-refractivity contribution is -0.140. The zero-order valence-corrected chi connectivity index (χ0v) is 15.7. The van der Waals surface area contributed by atoms with Crippen LogP contribution in [0.1, 0.15) is 31.0 Å². The van der Waals surface area contributed by atoms with E-state index in [9.17, 15) is 14.7 Å². The largest absolute Gasteiger partial charge is 0.507 e. The summed E-state index contributed by atoms with van der Waals surface area (Å²) in [4.78, 5) is 27.0. The van der Waals surface area contributed by atoms with Gasteiger partial charge < -0.3 is 14.7 Å². The SMILES string of the molecule is COc1ccc(C2/C(=C(/O)c3ccccc3)C(=O)C(=O)N2CC(C)C)cc1. The molecule has 3 rings (SSSR count). The fraction of sp³-hybridized carbons (Fsp3) is 0.273. The Bertz CT molecular complexity index is 869. The van der Waals surface area contributed by atoms with E-state index in [2.05, 4.69) is 0 Å². The number of aliphatic hydroxyl groups is 1. The molecule has 1 aliphatic heterocycles. The lowest BCUT2D eigenvalue weighted by Gasteiger charge is -2.27. The van der Waals surface area contributed by atoms with E-state index in [0.29, 0.717) is 17.9 Å². The average molecular weight is 365 g/mol. The molecular formula is C22H23NO4. The third kappa shape index (κ3) is 3.58. The van der Waals surface area contributed by atoms with Crippen LogP contribution in [0.25, 0.3) is 5.76 Å². The van der Waals surface area contributed by atoms with Crippen LogP contribution < -0.4 is 4.74 Å². The van der Waals surface area contributed by atoms with E-state index in [4.69, 9.17) is 4.74 Å².